The highest BCUT2D eigenvalue weighted by atomic mass is 79.9. The quantitative estimate of drug-likeness (QED) is 0.887. The van der Waals surface area contributed by atoms with Gasteiger partial charge in [0.2, 0.25) is 0 Å². The number of benzene rings is 1. The van der Waals surface area contributed by atoms with Crippen LogP contribution in [0.5, 0.6) is 5.75 Å². The molecule has 0 saturated carbocycles. The van der Waals surface area contributed by atoms with Gasteiger partial charge in [0.15, 0.2) is 0 Å². The average molecular weight is 302 g/mol. The standard InChI is InChI=1S/C11H12BrNO4/c1-6(11(15)16)13-10(14)8-5-7(12)3-4-9(8)17-2/h3-6H,1-2H3,(H,13,14)(H,15,16). The molecule has 2 N–H and O–H groups in total. The van der Waals surface area contributed by atoms with E-state index in [4.69, 9.17) is 9.84 Å². The maximum Gasteiger partial charge on any atom is 0.325 e. The van der Waals surface area contributed by atoms with Crippen molar-refractivity contribution in [2.24, 2.45) is 0 Å². The number of amides is 1. The van der Waals surface area contributed by atoms with Gasteiger partial charge in [-0.15, -0.1) is 0 Å². The summed E-state index contributed by atoms with van der Waals surface area (Å²) < 4.78 is 5.75. The molecule has 0 bridgehead atoms. The summed E-state index contributed by atoms with van der Waals surface area (Å²) in [6.07, 6.45) is 0. The first-order valence-electron chi connectivity index (χ1n) is 4.83. The Kier molecular flexibility index (Phi) is 4.51. The summed E-state index contributed by atoms with van der Waals surface area (Å²) in [5.74, 6) is -1.19. The number of aliphatic carboxylic acids is 1. The van der Waals surface area contributed by atoms with Gasteiger partial charge >= 0.3 is 5.97 Å². The van der Waals surface area contributed by atoms with Gasteiger partial charge in [-0.2, -0.15) is 0 Å². The van der Waals surface area contributed by atoms with Gasteiger partial charge in [-0.3, -0.25) is 9.59 Å². The lowest BCUT2D eigenvalue weighted by Gasteiger charge is -2.12. The summed E-state index contributed by atoms with van der Waals surface area (Å²) >= 11 is 3.24. The van der Waals surface area contributed by atoms with E-state index in [1.165, 1.54) is 14.0 Å². The first-order chi connectivity index (χ1) is 7.95. The van der Waals surface area contributed by atoms with Gasteiger partial charge in [-0.1, -0.05) is 15.9 Å². The Bertz CT molecular complexity index is 447. The molecule has 1 rings (SSSR count). The molecule has 0 aliphatic rings. The molecule has 0 fully saturated rings. The van der Waals surface area contributed by atoms with E-state index in [0.717, 1.165) is 0 Å². The molecule has 0 aliphatic heterocycles. The fourth-order valence-corrected chi connectivity index (χ4v) is 1.55. The summed E-state index contributed by atoms with van der Waals surface area (Å²) in [6.45, 7) is 1.39. The van der Waals surface area contributed by atoms with Gasteiger partial charge < -0.3 is 15.2 Å². The molecule has 92 valence electrons. The first kappa shape index (κ1) is 13.5. The van der Waals surface area contributed by atoms with E-state index in [1.54, 1.807) is 18.2 Å². The molecular weight excluding hydrogens is 290 g/mol. The van der Waals surface area contributed by atoms with Crippen LogP contribution < -0.4 is 10.1 Å². The van der Waals surface area contributed by atoms with E-state index in [-0.39, 0.29) is 5.56 Å². The number of carbonyl (C=O) groups is 2. The molecule has 0 saturated heterocycles. The van der Waals surface area contributed by atoms with E-state index in [1.807, 2.05) is 0 Å². The molecule has 0 radical (unpaired) electrons. The molecule has 1 aromatic rings. The Labute approximate surface area is 107 Å². The molecule has 1 unspecified atom stereocenters. The molecule has 17 heavy (non-hydrogen) atoms. The molecule has 0 spiro atoms. The SMILES string of the molecule is COc1ccc(Br)cc1C(=O)NC(C)C(=O)O. The number of hydrogen-bond donors (Lipinski definition) is 2. The fourth-order valence-electron chi connectivity index (χ4n) is 1.19. The lowest BCUT2D eigenvalue weighted by molar-refractivity contribution is -0.138. The Hall–Kier alpha value is -1.56. The Morgan fingerprint density at radius 2 is 2.12 bits per heavy atom. The van der Waals surface area contributed by atoms with Crippen molar-refractivity contribution in [2.45, 2.75) is 13.0 Å². The predicted octanol–water partition coefficient (Wildman–Crippen LogP) is 1.66. The van der Waals surface area contributed by atoms with Crippen molar-refractivity contribution in [2.75, 3.05) is 7.11 Å². The number of carboxylic acid groups (broad SMARTS) is 1. The average Bonchev–Trinajstić information content (AvgIpc) is 2.28. The van der Waals surface area contributed by atoms with E-state index in [9.17, 15) is 9.59 Å². The lowest BCUT2D eigenvalue weighted by Crippen LogP contribution is -2.38. The predicted molar refractivity (Wildman–Crippen MR) is 65.3 cm³/mol. The summed E-state index contributed by atoms with van der Waals surface area (Å²) in [5, 5.41) is 11.1. The van der Waals surface area contributed by atoms with Gasteiger partial charge in [-0.05, 0) is 25.1 Å². The lowest BCUT2D eigenvalue weighted by atomic mass is 10.1. The number of methoxy groups -OCH3 is 1. The number of halogens is 1. The molecule has 5 nitrogen and oxygen atoms in total. The molecule has 0 aromatic heterocycles. The van der Waals surface area contributed by atoms with Crippen LogP contribution in [0.25, 0.3) is 0 Å². The zero-order valence-electron chi connectivity index (χ0n) is 9.36. The van der Waals surface area contributed by atoms with E-state index in [0.29, 0.717) is 10.2 Å². The fraction of sp³-hybridized carbons (Fsp3) is 0.273. The monoisotopic (exact) mass is 301 g/mol. The van der Waals surface area contributed by atoms with Crippen molar-refractivity contribution in [1.29, 1.82) is 0 Å². The highest BCUT2D eigenvalue weighted by Gasteiger charge is 2.18. The maximum atomic E-state index is 11.8. The molecule has 1 aromatic carbocycles. The topological polar surface area (TPSA) is 75.6 Å². The summed E-state index contributed by atoms with van der Waals surface area (Å²) in [5.41, 5.74) is 0.287. The summed E-state index contributed by atoms with van der Waals surface area (Å²) in [4.78, 5) is 22.4. The van der Waals surface area contributed by atoms with Crippen LogP contribution in [0.15, 0.2) is 22.7 Å². The van der Waals surface area contributed by atoms with Crippen LogP contribution in [0.1, 0.15) is 17.3 Å². The number of rotatable bonds is 4. The number of carbonyl (C=O) groups excluding carboxylic acids is 1. The number of ether oxygens (including phenoxy) is 1. The Morgan fingerprint density at radius 3 is 2.65 bits per heavy atom. The minimum atomic E-state index is -1.09. The van der Waals surface area contributed by atoms with Crippen molar-refractivity contribution in [3.8, 4) is 5.75 Å². The van der Waals surface area contributed by atoms with Crippen LogP contribution in [0.4, 0.5) is 0 Å². The molecule has 1 amide bonds. The number of nitrogens with one attached hydrogen (secondary N) is 1. The van der Waals surface area contributed by atoms with Gasteiger partial charge in [0.1, 0.15) is 11.8 Å². The highest BCUT2D eigenvalue weighted by Crippen LogP contribution is 2.22. The van der Waals surface area contributed by atoms with E-state index >= 15 is 0 Å². The van der Waals surface area contributed by atoms with Gasteiger partial charge in [0, 0.05) is 4.47 Å². The Balaban J connectivity index is 2.95. The highest BCUT2D eigenvalue weighted by molar-refractivity contribution is 9.10. The molecule has 0 aliphatic carbocycles. The largest absolute Gasteiger partial charge is 0.496 e. The smallest absolute Gasteiger partial charge is 0.325 e. The summed E-state index contributed by atoms with van der Waals surface area (Å²) in [6, 6.07) is 3.98. The van der Waals surface area contributed by atoms with Gasteiger partial charge in [0.05, 0.1) is 12.7 Å². The van der Waals surface area contributed by atoms with Crippen molar-refractivity contribution in [1.82, 2.24) is 5.32 Å². The Morgan fingerprint density at radius 1 is 1.47 bits per heavy atom. The number of hydrogen-bond acceptors (Lipinski definition) is 3. The van der Waals surface area contributed by atoms with Crippen LogP contribution in [-0.2, 0) is 4.79 Å². The van der Waals surface area contributed by atoms with Crippen LogP contribution in [0, 0.1) is 0 Å². The molecule has 1 atom stereocenters. The van der Waals surface area contributed by atoms with Crippen LogP contribution in [0.2, 0.25) is 0 Å². The molecule has 0 heterocycles. The first-order valence-corrected chi connectivity index (χ1v) is 5.62. The van der Waals surface area contributed by atoms with Crippen LogP contribution >= 0.6 is 15.9 Å². The van der Waals surface area contributed by atoms with Crippen LogP contribution in [0.3, 0.4) is 0 Å². The third kappa shape index (κ3) is 3.45. The second kappa shape index (κ2) is 5.67. The zero-order valence-corrected chi connectivity index (χ0v) is 10.9. The maximum absolute atomic E-state index is 11.8. The zero-order chi connectivity index (χ0) is 13.0. The second-order valence-electron chi connectivity index (χ2n) is 3.38. The minimum Gasteiger partial charge on any atom is -0.496 e. The number of carboxylic acids is 1. The molecular formula is C11H12BrNO4. The van der Waals surface area contributed by atoms with Crippen molar-refractivity contribution in [3.05, 3.63) is 28.2 Å². The third-order valence-electron chi connectivity index (χ3n) is 2.12. The molecule has 6 heteroatoms. The van der Waals surface area contributed by atoms with E-state index in [2.05, 4.69) is 21.2 Å². The van der Waals surface area contributed by atoms with E-state index < -0.39 is 17.9 Å². The normalized spacial score (nSPS) is 11.7. The second-order valence-corrected chi connectivity index (χ2v) is 4.29. The third-order valence-corrected chi connectivity index (χ3v) is 2.62. The van der Waals surface area contributed by atoms with Gasteiger partial charge in [0.25, 0.3) is 5.91 Å². The summed E-state index contributed by atoms with van der Waals surface area (Å²) in [7, 11) is 1.45. The van der Waals surface area contributed by atoms with Crippen molar-refractivity contribution >= 4 is 27.8 Å². The van der Waals surface area contributed by atoms with Gasteiger partial charge in [-0.25, -0.2) is 0 Å². The van der Waals surface area contributed by atoms with Crippen molar-refractivity contribution < 1.29 is 19.4 Å². The minimum absolute atomic E-state index is 0.287. The van der Waals surface area contributed by atoms with Crippen LogP contribution in [-0.4, -0.2) is 30.1 Å². The van der Waals surface area contributed by atoms with Crippen molar-refractivity contribution in [3.63, 3.8) is 0 Å².